The Morgan fingerprint density at radius 3 is 1.56 bits per heavy atom. The molecule has 2 rings (SSSR count). The Labute approximate surface area is 157 Å². The van der Waals surface area contributed by atoms with Gasteiger partial charge in [0.25, 0.3) is 0 Å². The van der Waals surface area contributed by atoms with E-state index in [9.17, 15) is 0 Å². The monoisotopic (exact) mass is 340 g/mol. The summed E-state index contributed by atoms with van der Waals surface area (Å²) in [7, 11) is 0. The van der Waals surface area contributed by atoms with Crippen molar-refractivity contribution in [2.45, 2.75) is 109 Å². The van der Waals surface area contributed by atoms with E-state index in [0.717, 1.165) is 0 Å². The Balaban J connectivity index is 1.80. The van der Waals surface area contributed by atoms with Crippen LogP contribution >= 0.6 is 0 Å². The van der Waals surface area contributed by atoms with E-state index in [1.165, 1.54) is 115 Å². The molecule has 1 aliphatic carbocycles. The third kappa shape index (κ3) is 10.5. The molecular formula is C25H40. The number of benzene rings is 1. The lowest BCUT2D eigenvalue weighted by atomic mass is 9.97. The Kier molecular flexibility index (Phi) is 11.5. The van der Waals surface area contributed by atoms with Crippen LogP contribution in [0.5, 0.6) is 0 Å². The lowest BCUT2D eigenvalue weighted by Crippen LogP contribution is -1.93. The van der Waals surface area contributed by atoms with Crippen LogP contribution in [0.1, 0.15) is 108 Å². The van der Waals surface area contributed by atoms with Crippen molar-refractivity contribution in [1.29, 1.82) is 0 Å². The Bertz CT molecular complexity index is 442. The van der Waals surface area contributed by atoms with Gasteiger partial charge in [-0.3, -0.25) is 0 Å². The maximum atomic E-state index is 2.58. The minimum absolute atomic E-state index is 1.17. The highest BCUT2D eigenvalue weighted by Crippen LogP contribution is 2.19. The van der Waals surface area contributed by atoms with Gasteiger partial charge in [0.1, 0.15) is 0 Å². The molecule has 0 N–H and O–H groups in total. The van der Waals surface area contributed by atoms with E-state index >= 15 is 0 Å². The van der Waals surface area contributed by atoms with Gasteiger partial charge in [0, 0.05) is 0 Å². The van der Waals surface area contributed by atoms with Gasteiger partial charge in [-0.15, -0.1) is 0 Å². The smallest absolute Gasteiger partial charge is 0.00671 e. The summed E-state index contributed by atoms with van der Waals surface area (Å²) >= 11 is 0. The van der Waals surface area contributed by atoms with E-state index in [1.54, 1.807) is 5.57 Å². The van der Waals surface area contributed by atoms with Crippen LogP contribution in [0.3, 0.4) is 0 Å². The Morgan fingerprint density at radius 1 is 0.520 bits per heavy atom. The number of hydrogen-bond donors (Lipinski definition) is 0. The SMILES string of the molecule is C1=C(Cc2ccccc2)CCCCCCCCCCCCCCCC1. The molecule has 0 nitrogen and oxygen atoms in total. The van der Waals surface area contributed by atoms with Gasteiger partial charge in [-0.1, -0.05) is 119 Å². The van der Waals surface area contributed by atoms with Crippen LogP contribution in [-0.4, -0.2) is 0 Å². The molecule has 0 aliphatic heterocycles. The lowest BCUT2D eigenvalue weighted by molar-refractivity contribution is 0.531. The van der Waals surface area contributed by atoms with Crippen LogP contribution < -0.4 is 0 Å². The van der Waals surface area contributed by atoms with Crippen LogP contribution in [0.25, 0.3) is 0 Å². The van der Waals surface area contributed by atoms with Crippen molar-refractivity contribution in [3.63, 3.8) is 0 Å². The molecule has 0 saturated heterocycles. The zero-order chi connectivity index (χ0) is 17.4. The van der Waals surface area contributed by atoms with Gasteiger partial charge in [-0.05, 0) is 37.7 Å². The molecule has 1 aliphatic rings. The van der Waals surface area contributed by atoms with Crippen molar-refractivity contribution in [2.75, 3.05) is 0 Å². The normalized spacial score (nSPS) is 20.2. The summed E-state index contributed by atoms with van der Waals surface area (Å²) in [4.78, 5) is 0. The van der Waals surface area contributed by atoms with Gasteiger partial charge >= 0.3 is 0 Å². The van der Waals surface area contributed by atoms with Crippen molar-refractivity contribution >= 4 is 0 Å². The molecule has 0 unspecified atom stereocenters. The van der Waals surface area contributed by atoms with Crippen molar-refractivity contribution in [2.24, 2.45) is 0 Å². The van der Waals surface area contributed by atoms with Crippen LogP contribution in [0.15, 0.2) is 42.0 Å². The second-order valence-electron chi connectivity index (χ2n) is 8.01. The number of allylic oxidation sites excluding steroid dienone is 2. The molecule has 140 valence electrons. The van der Waals surface area contributed by atoms with Crippen molar-refractivity contribution in [3.8, 4) is 0 Å². The van der Waals surface area contributed by atoms with Crippen molar-refractivity contribution < 1.29 is 0 Å². The molecular weight excluding hydrogens is 300 g/mol. The first-order valence-corrected chi connectivity index (χ1v) is 11.2. The van der Waals surface area contributed by atoms with Crippen molar-refractivity contribution in [1.82, 2.24) is 0 Å². The standard InChI is InChI=1S/C25H40/c1-2-4-6-8-10-12-15-19-24(23-25-21-17-14-18-22-25)20-16-13-11-9-7-5-3-1/h14,17-19,21-22H,1-13,15-16,20,23H2. The van der Waals surface area contributed by atoms with E-state index in [-0.39, 0.29) is 0 Å². The quantitative estimate of drug-likeness (QED) is 0.474. The number of hydrogen-bond acceptors (Lipinski definition) is 0. The summed E-state index contributed by atoms with van der Waals surface area (Å²) in [6.07, 6.45) is 26.6. The molecule has 0 fully saturated rings. The molecule has 0 heteroatoms. The highest BCUT2D eigenvalue weighted by atomic mass is 14.1. The second-order valence-corrected chi connectivity index (χ2v) is 8.01. The van der Waals surface area contributed by atoms with E-state index in [1.807, 2.05) is 0 Å². The Hall–Kier alpha value is -1.04. The van der Waals surface area contributed by atoms with E-state index in [0.29, 0.717) is 0 Å². The minimum atomic E-state index is 1.17. The van der Waals surface area contributed by atoms with Crippen LogP contribution in [0.4, 0.5) is 0 Å². The molecule has 0 amide bonds. The first kappa shape index (κ1) is 20.3. The fourth-order valence-corrected chi connectivity index (χ4v) is 4.04. The highest BCUT2D eigenvalue weighted by molar-refractivity contribution is 5.21. The third-order valence-corrected chi connectivity index (χ3v) is 5.66. The van der Waals surface area contributed by atoms with Crippen LogP contribution in [0.2, 0.25) is 0 Å². The van der Waals surface area contributed by atoms with E-state index in [2.05, 4.69) is 36.4 Å². The molecule has 0 radical (unpaired) electrons. The fraction of sp³-hybridized carbons (Fsp3) is 0.680. The molecule has 1 aromatic carbocycles. The molecule has 25 heavy (non-hydrogen) atoms. The van der Waals surface area contributed by atoms with Gasteiger partial charge in [0.15, 0.2) is 0 Å². The van der Waals surface area contributed by atoms with Crippen LogP contribution in [0, 0.1) is 0 Å². The summed E-state index contributed by atoms with van der Waals surface area (Å²) in [6, 6.07) is 11.0. The fourth-order valence-electron chi connectivity index (χ4n) is 4.04. The van der Waals surface area contributed by atoms with Gasteiger partial charge in [0.2, 0.25) is 0 Å². The zero-order valence-electron chi connectivity index (χ0n) is 16.5. The van der Waals surface area contributed by atoms with Gasteiger partial charge < -0.3 is 0 Å². The van der Waals surface area contributed by atoms with Gasteiger partial charge in [0.05, 0.1) is 0 Å². The summed E-state index contributed by atoms with van der Waals surface area (Å²) in [5.41, 5.74) is 3.17. The Morgan fingerprint density at radius 2 is 1.00 bits per heavy atom. The predicted molar refractivity (Wildman–Crippen MR) is 112 cm³/mol. The average molecular weight is 341 g/mol. The summed E-state index contributed by atoms with van der Waals surface area (Å²) < 4.78 is 0. The zero-order valence-corrected chi connectivity index (χ0v) is 16.5. The minimum Gasteiger partial charge on any atom is -0.0850 e. The molecule has 0 bridgehead atoms. The van der Waals surface area contributed by atoms with E-state index < -0.39 is 0 Å². The van der Waals surface area contributed by atoms with Gasteiger partial charge in [-0.25, -0.2) is 0 Å². The molecule has 0 atom stereocenters. The molecule has 1 aromatic rings. The number of rotatable bonds is 2. The first-order chi connectivity index (χ1) is 12.4. The predicted octanol–water partition coefficient (Wildman–Crippen LogP) is 8.41. The van der Waals surface area contributed by atoms with Crippen molar-refractivity contribution in [3.05, 3.63) is 47.5 Å². The molecule has 0 spiro atoms. The summed E-state index contributed by atoms with van der Waals surface area (Å²) in [6.45, 7) is 0. The topological polar surface area (TPSA) is 0 Å². The second kappa shape index (κ2) is 14.2. The average Bonchev–Trinajstić information content (AvgIpc) is 2.64. The summed E-state index contributed by atoms with van der Waals surface area (Å²) in [5, 5.41) is 0. The molecule has 0 heterocycles. The van der Waals surface area contributed by atoms with Crippen LogP contribution in [-0.2, 0) is 6.42 Å². The van der Waals surface area contributed by atoms with E-state index in [4.69, 9.17) is 0 Å². The van der Waals surface area contributed by atoms with Gasteiger partial charge in [-0.2, -0.15) is 0 Å². The lowest BCUT2D eigenvalue weighted by Gasteiger charge is -2.09. The summed E-state index contributed by atoms with van der Waals surface area (Å²) in [5.74, 6) is 0. The first-order valence-electron chi connectivity index (χ1n) is 11.2. The third-order valence-electron chi connectivity index (χ3n) is 5.66. The largest absolute Gasteiger partial charge is 0.0850 e. The maximum absolute atomic E-state index is 2.58. The maximum Gasteiger partial charge on any atom is -0.00671 e. The molecule has 0 aromatic heterocycles. The highest BCUT2D eigenvalue weighted by Gasteiger charge is 2.02. The molecule has 0 saturated carbocycles.